The van der Waals surface area contributed by atoms with Crippen molar-refractivity contribution >= 4 is 144 Å². The number of ketones is 1. The van der Waals surface area contributed by atoms with Crippen molar-refractivity contribution in [3.05, 3.63) is 106 Å². The summed E-state index contributed by atoms with van der Waals surface area (Å²) >= 11 is 3.39. The lowest BCUT2D eigenvalue weighted by atomic mass is 9.75. The molecule has 6 rings (SSSR count). The Morgan fingerprint density at radius 2 is 1.34 bits per heavy atom. The standard InChI is InChI=1S/C80H112BrN19O22S/c1-41(2)64(95-74(114)59-23-17-31-100(59)77(117)55(92-67(107)42(3)88-40-101)33-46-24-26-48(81)27-25-46)60(103)35-50(80(6,7)8)68(108)90-54(34-47-37-87-51-21-15-14-20-49(47)51)70(110)89-52(22-16-30-86-79(84)85)69(109)94-57(39-123(119,120)121)72(112)97-66-44(5)122-63(106)38-98(9)76(116)56(36-62(83)105)93-75(115)65(43(4)102)96-71(111)53(32-45-18-12-11-13-19-45)91-73(113)58(28-29-61(82)104)99(10)78(66)118/h11-15,18-21,24-27,37,40-44,50,52-59,64-66,87,102H,16-17,22-23,28-36,38-39H2,1-10H3,(H2,82,104)(H2,83,105)(H,88,101)(H,89,110)(H,90,108)(H,91,113)(H,92,107)(H,93,115)(H,94,109)(H,95,114)(H,96,111)(H,97,112)(H4,84,85,86)(H,119,120,121)/t42-,43-,44-,50-,52+,53-,54-,55+,56+,57-,58+,59+,64-,65?,66+/m1/s1. The van der Waals surface area contributed by atoms with Gasteiger partial charge < -0.3 is 105 Å². The Balaban J connectivity index is 1.36. The third-order valence-electron chi connectivity index (χ3n) is 20.8. The summed E-state index contributed by atoms with van der Waals surface area (Å²) in [6, 6.07) is 1.15. The third kappa shape index (κ3) is 30.2. The second-order valence-corrected chi connectivity index (χ2v) is 34.4. The van der Waals surface area contributed by atoms with E-state index in [-0.39, 0.29) is 45.2 Å². The molecule has 0 aliphatic carbocycles. The summed E-state index contributed by atoms with van der Waals surface area (Å²) in [6.45, 7) is 10.6. The second-order valence-electron chi connectivity index (χ2n) is 31.9. The molecule has 3 heterocycles. The minimum Gasteiger partial charge on any atom is -0.459 e. The maximum absolute atomic E-state index is 15.4. The summed E-state index contributed by atoms with van der Waals surface area (Å²) in [4.78, 5) is 247. The number of carbonyl (C=O) groups excluding carboxylic acids is 17. The summed E-state index contributed by atoms with van der Waals surface area (Å²) in [5.41, 5.74) is 17.6. The first-order valence-electron chi connectivity index (χ1n) is 39.8. The number of aliphatic hydroxyl groups excluding tert-OH is 1. The van der Waals surface area contributed by atoms with E-state index in [9.17, 15) is 75.6 Å². The first-order chi connectivity index (χ1) is 57.7. The van der Waals surface area contributed by atoms with Crippen molar-refractivity contribution in [2.75, 3.05) is 39.5 Å². The number of aromatic nitrogens is 1. The van der Waals surface area contributed by atoms with E-state index in [1.54, 1.807) is 120 Å². The number of guanidine groups is 1. The van der Waals surface area contributed by atoms with E-state index in [1.165, 1.54) is 11.8 Å². The van der Waals surface area contributed by atoms with E-state index < -0.39 is 257 Å². The van der Waals surface area contributed by atoms with Crippen LogP contribution in [-0.4, -0.2) is 269 Å². The largest absolute Gasteiger partial charge is 0.459 e. The molecule has 2 saturated heterocycles. The minimum atomic E-state index is -5.44. The first kappa shape index (κ1) is 99.8. The van der Waals surface area contributed by atoms with Crippen LogP contribution in [0.25, 0.3) is 10.9 Å². The maximum atomic E-state index is 15.4. The molecule has 4 aromatic rings. The van der Waals surface area contributed by atoms with Gasteiger partial charge in [-0.05, 0) is 99.1 Å². The van der Waals surface area contributed by atoms with Crippen LogP contribution >= 0.6 is 15.9 Å². The zero-order valence-corrected chi connectivity index (χ0v) is 72.3. The van der Waals surface area contributed by atoms with Crippen molar-refractivity contribution in [2.45, 2.75) is 211 Å². The molecule has 15 amide bonds. The minimum absolute atomic E-state index is 0.00392. The number of fused-ring (bicyclic) bond motifs is 1. The highest BCUT2D eigenvalue weighted by atomic mass is 79.9. The van der Waals surface area contributed by atoms with Crippen molar-refractivity contribution < 1.29 is 104 Å². The quantitative estimate of drug-likeness (QED) is 0.00523. The van der Waals surface area contributed by atoms with Gasteiger partial charge in [0.15, 0.2) is 11.7 Å². The fourth-order valence-electron chi connectivity index (χ4n) is 14.0. The van der Waals surface area contributed by atoms with Gasteiger partial charge in [-0.1, -0.05) is 111 Å². The number of halogens is 1. The van der Waals surface area contributed by atoms with Gasteiger partial charge in [-0.25, -0.2) is 0 Å². The molecule has 2 aliphatic heterocycles. The summed E-state index contributed by atoms with van der Waals surface area (Å²) < 4.78 is 43.1. The molecule has 0 saturated carbocycles. The van der Waals surface area contributed by atoms with Gasteiger partial charge in [0, 0.05) is 86.8 Å². The van der Waals surface area contributed by atoms with Gasteiger partial charge >= 0.3 is 5.97 Å². The van der Waals surface area contributed by atoms with Crippen LogP contribution in [0.5, 0.6) is 0 Å². The Labute approximate surface area is 719 Å². The molecule has 1 unspecified atom stereocenters. The molecular weight excluding hydrogens is 1690 g/mol. The van der Waals surface area contributed by atoms with E-state index in [1.807, 2.05) is 0 Å². The smallest absolute Gasteiger partial charge is 0.325 e. The number of hydrogen-bond donors (Lipinski definition) is 18. The predicted molar refractivity (Wildman–Crippen MR) is 447 cm³/mol. The van der Waals surface area contributed by atoms with Crippen LogP contribution in [0, 0.1) is 22.7 Å². The number of nitrogens with one attached hydrogen (secondary N) is 13. The van der Waals surface area contributed by atoms with Gasteiger partial charge in [-0.15, -0.1) is 0 Å². The Kier molecular flexibility index (Phi) is 37.1. The molecular formula is C80H112BrN19O22S. The van der Waals surface area contributed by atoms with E-state index in [0.717, 1.165) is 32.4 Å². The number of aromatic amines is 1. The molecule has 0 spiro atoms. The molecule has 15 atom stereocenters. The molecule has 0 bridgehead atoms. The summed E-state index contributed by atoms with van der Waals surface area (Å²) in [6.07, 6.45) is -5.49. The average Bonchev–Trinajstić information content (AvgIpc) is 1.78. The number of primary amides is 2. The van der Waals surface area contributed by atoms with Crippen molar-refractivity contribution in [1.82, 2.24) is 78.2 Å². The number of para-hydroxylation sites is 1. The Bertz CT molecular complexity index is 4640. The summed E-state index contributed by atoms with van der Waals surface area (Å²) in [5.74, 6) is -21.7. The van der Waals surface area contributed by atoms with Crippen molar-refractivity contribution in [3.63, 3.8) is 0 Å². The number of rotatable bonds is 37. The molecule has 672 valence electrons. The van der Waals surface area contributed by atoms with Crippen molar-refractivity contribution in [2.24, 2.45) is 34.5 Å². The Hall–Kier alpha value is -12.0. The van der Waals surface area contributed by atoms with E-state index in [2.05, 4.69) is 79.4 Å². The SMILES string of the molecule is CC(C)[C@@H](NC(=O)[C@@H]1CCCN1C(=O)[C@H](Cc1ccc(Br)cc1)NC(=O)[C@@H](C)NC=O)C(=O)C[C@H](C(=O)N[C@H](Cc1c[nH]c2ccccc12)C(=O)N[C@@H](CCCNC(=N)N)C(=O)N[C@H](CS(=O)(=O)O)C(=O)N[C@@H]1C(=O)N(C)[C@@H](CCC(N)=O)C(=O)N[C@H](Cc2ccccc2)C(=O)NC([C@@H](C)O)C(=O)N[C@@H](CC(N)=O)C(=O)N(C)CC(=O)O[C@@H]1C)C(C)(C)C. The van der Waals surface area contributed by atoms with Crippen molar-refractivity contribution in [1.29, 1.82) is 5.41 Å². The number of hydrogen-bond acceptors (Lipinski definition) is 22. The summed E-state index contributed by atoms with van der Waals surface area (Å²) in [7, 11) is -3.47. The van der Waals surface area contributed by atoms with Gasteiger partial charge in [-0.3, -0.25) is 91.5 Å². The van der Waals surface area contributed by atoms with Crippen LogP contribution in [0.2, 0.25) is 0 Å². The molecule has 21 N–H and O–H groups in total. The van der Waals surface area contributed by atoms with Crippen molar-refractivity contribution in [3.8, 4) is 0 Å². The molecule has 123 heavy (non-hydrogen) atoms. The van der Waals surface area contributed by atoms with Gasteiger partial charge in [0.05, 0.1) is 18.6 Å². The number of nitrogens with zero attached hydrogens (tertiary/aromatic N) is 3. The highest BCUT2D eigenvalue weighted by Crippen LogP contribution is 2.32. The number of esters is 1. The number of amides is 15. The van der Waals surface area contributed by atoms with E-state index >= 15 is 24.0 Å². The van der Waals surface area contributed by atoms with Gasteiger partial charge in [0.1, 0.15) is 84.9 Å². The normalized spacial score (nSPS) is 20.4. The zero-order valence-electron chi connectivity index (χ0n) is 69.9. The fraction of sp³-hybridized carbons (Fsp3) is 0.525. The van der Waals surface area contributed by atoms with Gasteiger partial charge in [0.2, 0.25) is 89.1 Å². The highest BCUT2D eigenvalue weighted by Gasteiger charge is 2.46. The highest BCUT2D eigenvalue weighted by molar-refractivity contribution is 9.10. The number of carbonyl (C=O) groups is 17. The maximum Gasteiger partial charge on any atom is 0.325 e. The Morgan fingerprint density at radius 1 is 0.724 bits per heavy atom. The molecule has 1 aromatic heterocycles. The fourth-order valence-corrected chi connectivity index (χ4v) is 15.0. The number of nitrogens with two attached hydrogens (primary N) is 3. The van der Waals surface area contributed by atoms with Crippen LogP contribution in [-0.2, 0) is 116 Å². The number of likely N-dealkylation sites (tertiary alicyclic amines) is 1. The van der Waals surface area contributed by atoms with Crippen LogP contribution in [0.15, 0.2) is 89.5 Å². The lowest BCUT2D eigenvalue weighted by molar-refractivity contribution is -0.158. The number of ether oxygens (including phenoxy) is 1. The molecule has 0 radical (unpaired) electrons. The molecule has 3 aromatic carbocycles. The Morgan fingerprint density at radius 3 is 1.95 bits per heavy atom. The van der Waals surface area contributed by atoms with Crippen LogP contribution < -0.4 is 75.7 Å². The number of H-pyrrole nitrogens is 1. The number of likely N-dealkylation sites (N-methyl/N-ethyl adjacent to an activating group) is 2. The lowest BCUT2D eigenvalue weighted by Crippen LogP contribution is -2.63. The van der Waals surface area contributed by atoms with E-state index in [0.29, 0.717) is 50.2 Å². The van der Waals surface area contributed by atoms with Crippen LogP contribution in [0.1, 0.15) is 123 Å². The predicted octanol–water partition coefficient (Wildman–Crippen LogP) is -3.37. The lowest BCUT2D eigenvalue weighted by Gasteiger charge is -2.34. The van der Waals surface area contributed by atoms with Gasteiger partial charge in [-0.2, -0.15) is 8.42 Å². The van der Waals surface area contributed by atoms with Crippen LogP contribution in [0.4, 0.5) is 0 Å². The summed E-state index contributed by atoms with van der Waals surface area (Å²) in [5, 5.41) is 46.5. The topological polar surface area (TPSA) is 634 Å². The molecule has 2 aliphatic rings. The number of Topliss-reactive ketones (excluding diaryl/α,β-unsaturated/α-hetero) is 1. The average molecular weight is 1800 g/mol. The third-order valence-corrected chi connectivity index (χ3v) is 22.1. The molecule has 41 nitrogen and oxygen atoms in total. The number of cyclic esters (lactones) is 1. The first-order valence-corrected chi connectivity index (χ1v) is 42.2. The monoisotopic (exact) mass is 1800 g/mol. The van der Waals surface area contributed by atoms with Gasteiger partial charge in [0.25, 0.3) is 10.1 Å². The molecule has 2 fully saturated rings. The van der Waals surface area contributed by atoms with E-state index in [4.69, 9.17) is 27.3 Å². The molecule has 43 heteroatoms. The second kappa shape index (κ2) is 45.8. The zero-order chi connectivity index (χ0) is 91.7. The van der Waals surface area contributed by atoms with Crippen LogP contribution in [0.3, 0.4) is 0 Å². The number of aliphatic hydroxyl groups is 1. The number of benzene rings is 3.